The fraction of sp³-hybridized carbons (Fsp3) is 0.714. The van der Waals surface area contributed by atoms with Crippen LogP contribution < -0.4 is 11.3 Å². The molecule has 0 aliphatic heterocycles. The van der Waals surface area contributed by atoms with Crippen LogP contribution in [-0.4, -0.2) is 31.9 Å². The highest BCUT2D eigenvalue weighted by Gasteiger charge is 2.02. The number of aryl methyl sites for hydroxylation is 1. The third-order valence-corrected chi connectivity index (χ3v) is 2.87. The number of carbonyl (C=O) groups is 1. The standard InChI is InChI=1S/C7H14N6OS/c1-13-7(10-11-12-13)15-5-3-2-4-6(14)9-8/h2-5,8H2,1H3,(H,9,14). The van der Waals surface area contributed by atoms with Crippen molar-refractivity contribution in [1.29, 1.82) is 0 Å². The van der Waals surface area contributed by atoms with Crippen LogP contribution in [-0.2, 0) is 11.8 Å². The Hall–Kier alpha value is -1.15. The first-order valence-corrected chi connectivity index (χ1v) is 5.57. The van der Waals surface area contributed by atoms with Crippen LogP contribution in [0, 0.1) is 0 Å². The lowest BCUT2D eigenvalue weighted by molar-refractivity contribution is -0.121. The molecule has 0 aliphatic carbocycles. The minimum atomic E-state index is -0.125. The topological polar surface area (TPSA) is 98.7 Å². The van der Waals surface area contributed by atoms with Gasteiger partial charge in [0.1, 0.15) is 0 Å². The van der Waals surface area contributed by atoms with Crippen LogP contribution in [0.5, 0.6) is 0 Å². The van der Waals surface area contributed by atoms with Crippen LogP contribution in [0.25, 0.3) is 0 Å². The number of nitrogens with zero attached hydrogens (tertiary/aromatic N) is 4. The molecule has 15 heavy (non-hydrogen) atoms. The van der Waals surface area contributed by atoms with E-state index in [2.05, 4.69) is 21.0 Å². The molecule has 7 nitrogen and oxygen atoms in total. The molecule has 1 aromatic rings. The van der Waals surface area contributed by atoms with Gasteiger partial charge in [-0.15, -0.1) is 5.10 Å². The van der Waals surface area contributed by atoms with Crippen molar-refractivity contribution in [3.05, 3.63) is 0 Å². The zero-order chi connectivity index (χ0) is 11.1. The quantitative estimate of drug-likeness (QED) is 0.224. The second kappa shape index (κ2) is 6.36. The van der Waals surface area contributed by atoms with Gasteiger partial charge in [0.25, 0.3) is 0 Å². The van der Waals surface area contributed by atoms with Gasteiger partial charge in [0.2, 0.25) is 11.1 Å². The van der Waals surface area contributed by atoms with Crippen molar-refractivity contribution in [2.75, 3.05) is 5.75 Å². The molecule has 0 spiro atoms. The molecular formula is C7H14N6OS. The van der Waals surface area contributed by atoms with Crippen LogP contribution in [0.15, 0.2) is 5.16 Å². The molecule has 84 valence electrons. The predicted octanol–water partition coefficient (Wildman–Crippen LogP) is -0.538. The summed E-state index contributed by atoms with van der Waals surface area (Å²) in [5.74, 6) is 5.72. The maximum Gasteiger partial charge on any atom is 0.233 e. The molecule has 0 saturated heterocycles. The van der Waals surface area contributed by atoms with E-state index >= 15 is 0 Å². The summed E-state index contributed by atoms with van der Waals surface area (Å²) in [6.45, 7) is 0. The second-order valence-corrected chi connectivity index (χ2v) is 4.02. The number of hydrogen-bond donors (Lipinski definition) is 2. The number of hydrazine groups is 1. The van der Waals surface area contributed by atoms with Gasteiger partial charge in [-0.2, -0.15) is 0 Å². The number of thioether (sulfide) groups is 1. The van der Waals surface area contributed by atoms with Gasteiger partial charge in [-0.1, -0.05) is 11.8 Å². The fourth-order valence-electron chi connectivity index (χ4n) is 0.967. The maximum absolute atomic E-state index is 10.8. The zero-order valence-electron chi connectivity index (χ0n) is 8.51. The van der Waals surface area contributed by atoms with Gasteiger partial charge >= 0.3 is 0 Å². The van der Waals surface area contributed by atoms with E-state index in [-0.39, 0.29) is 5.91 Å². The highest BCUT2D eigenvalue weighted by atomic mass is 32.2. The normalized spacial score (nSPS) is 10.3. The van der Waals surface area contributed by atoms with Crippen LogP contribution in [0.3, 0.4) is 0 Å². The molecule has 0 atom stereocenters. The van der Waals surface area contributed by atoms with E-state index in [0.717, 1.165) is 23.8 Å². The van der Waals surface area contributed by atoms with Crippen LogP contribution in [0.4, 0.5) is 0 Å². The van der Waals surface area contributed by atoms with E-state index in [1.54, 1.807) is 23.5 Å². The first-order chi connectivity index (χ1) is 7.24. The average Bonchev–Trinajstić information content (AvgIpc) is 2.63. The van der Waals surface area contributed by atoms with E-state index in [1.165, 1.54) is 0 Å². The Labute approximate surface area is 91.7 Å². The van der Waals surface area contributed by atoms with Crippen LogP contribution >= 0.6 is 11.8 Å². The molecule has 0 bridgehead atoms. The molecule has 1 rings (SSSR count). The monoisotopic (exact) mass is 230 g/mol. The minimum Gasteiger partial charge on any atom is -0.294 e. The van der Waals surface area contributed by atoms with Crippen molar-refractivity contribution in [2.24, 2.45) is 12.9 Å². The number of tetrazole rings is 1. The number of hydrogen-bond acceptors (Lipinski definition) is 6. The molecular weight excluding hydrogens is 216 g/mol. The van der Waals surface area contributed by atoms with Crippen molar-refractivity contribution < 1.29 is 4.79 Å². The SMILES string of the molecule is Cn1nnnc1SCCCCC(=O)NN. The van der Waals surface area contributed by atoms with Crippen molar-refractivity contribution in [2.45, 2.75) is 24.4 Å². The van der Waals surface area contributed by atoms with Gasteiger partial charge in [0.05, 0.1) is 0 Å². The number of nitrogens with two attached hydrogens (primary N) is 1. The molecule has 0 saturated carbocycles. The highest BCUT2D eigenvalue weighted by Crippen LogP contribution is 2.14. The van der Waals surface area contributed by atoms with Gasteiger partial charge in [0, 0.05) is 19.2 Å². The van der Waals surface area contributed by atoms with E-state index in [4.69, 9.17) is 5.84 Å². The summed E-state index contributed by atoms with van der Waals surface area (Å²) in [7, 11) is 1.80. The predicted molar refractivity (Wildman–Crippen MR) is 55.7 cm³/mol. The molecule has 1 amide bonds. The number of unbranched alkanes of at least 4 members (excludes halogenated alkanes) is 1. The Morgan fingerprint density at radius 3 is 3.00 bits per heavy atom. The maximum atomic E-state index is 10.8. The molecule has 1 aromatic heterocycles. The Kier molecular flexibility index (Phi) is 5.05. The van der Waals surface area contributed by atoms with Gasteiger partial charge in [-0.3, -0.25) is 10.2 Å². The Morgan fingerprint density at radius 2 is 2.40 bits per heavy atom. The van der Waals surface area contributed by atoms with Crippen molar-refractivity contribution in [1.82, 2.24) is 25.6 Å². The molecule has 3 N–H and O–H groups in total. The van der Waals surface area contributed by atoms with Crippen molar-refractivity contribution in [3.8, 4) is 0 Å². The summed E-state index contributed by atoms with van der Waals surface area (Å²) >= 11 is 1.58. The smallest absolute Gasteiger partial charge is 0.233 e. The molecule has 0 unspecified atom stereocenters. The first-order valence-electron chi connectivity index (χ1n) is 4.58. The minimum absolute atomic E-state index is 0.125. The third kappa shape index (κ3) is 4.26. The Balaban J connectivity index is 2.07. The molecule has 8 heteroatoms. The van der Waals surface area contributed by atoms with Gasteiger partial charge in [-0.25, -0.2) is 10.5 Å². The molecule has 0 aromatic carbocycles. The first kappa shape index (κ1) is 11.9. The highest BCUT2D eigenvalue weighted by molar-refractivity contribution is 7.99. The molecule has 1 heterocycles. The Bertz CT molecular complexity index is 314. The van der Waals surface area contributed by atoms with Gasteiger partial charge in [-0.05, 0) is 23.3 Å². The fourth-order valence-corrected chi connectivity index (χ4v) is 1.82. The summed E-state index contributed by atoms with van der Waals surface area (Å²) < 4.78 is 1.62. The number of carbonyl (C=O) groups excluding carboxylic acids is 1. The third-order valence-electron chi connectivity index (χ3n) is 1.77. The zero-order valence-corrected chi connectivity index (χ0v) is 9.33. The Morgan fingerprint density at radius 1 is 1.60 bits per heavy atom. The number of aromatic nitrogens is 4. The summed E-state index contributed by atoms with van der Waals surface area (Å²) in [6, 6.07) is 0. The lowest BCUT2D eigenvalue weighted by Crippen LogP contribution is -2.29. The van der Waals surface area contributed by atoms with E-state index in [0.29, 0.717) is 6.42 Å². The summed E-state index contributed by atoms with van der Waals surface area (Å²) in [6.07, 6.45) is 2.22. The molecule has 0 fully saturated rings. The number of amides is 1. The van der Waals surface area contributed by atoms with E-state index in [1.807, 2.05) is 0 Å². The van der Waals surface area contributed by atoms with E-state index < -0.39 is 0 Å². The molecule has 0 radical (unpaired) electrons. The van der Waals surface area contributed by atoms with Gasteiger partial charge < -0.3 is 0 Å². The lowest BCUT2D eigenvalue weighted by atomic mass is 10.2. The lowest BCUT2D eigenvalue weighted by Gasteiger charge is -1.99. The largest absolute Gasteiger partial charge is 0.294 e. The summed E-state index contributed by atoms with van der Waals surface area (Å²) in [5, 5.41) is 11.9. The number of nitrogens with one attached hydrogen (secondary N) is 1. The summed E-state index contributed by atoms with van der Waals surface area (Å²) in [5.41, 5.74) is 2.10. The van der Waals surface area contributed by atoms with Crippen molar-refractivity contribution in [3.63, 3.8) is 0 Å². The summed E-state index contributed by atoms with van der Waals surface area (Å²) in [4.78, 5) is 10.8. The van der Waals surface area contributed by atoms with E-state index in [9.17, 15) is 4.79 Å². The average molecular weight is 230 g/mol. The number of rotatable bonds is 6. The van der Waals surface area contributed by atoms with Gasteiger partial charge in [0.15, 0.2) is 0 Å². The van der Waals surface area contributed by atoms with Crippen molar-refractivity contribution >= 4 is 17.7 Å². The second-order valence-electron chi connectivity index (χ2n) is 2.96. The van der Waals surface area contributed by atoms with Crippen LogP contribution in [0.1, 0.15) is 19.3 Å². The molecule has 0 aliphatic rings. The van der Waals surface area contributed by atoms with Crippen LogP contribution in [0.2, 0.25) is 0 Å².